The summed E-state index contributed by atoms with van der Waals surface area (Å²) in [5.41, 5.74) is 7.69. The van der Waals surface area contributed by atoms with E-state index in [2.05, 4.69) is 122 Å². The molecule has 0 amide bonds. The van der Waals surface area contributed by atoms with Gasteiger partial charge in [0.1, 0.15) is 70.8 Å². The number of halogens is 6. The second-order valence-electron chi connectivity index (χ2n) is 33.8. The van der Waals surface area contributed by atoms with Gasteiger partial charge in [0.15, 0.2) is 5.82 Å². The first-order chi connectivity index (χ1) is 68.0. The number of aromatic nitrogens is 15. The van der Waals surface area contributed by atoms with Crippen LogP contribution in [-0.4, -0.2) is 169 Å². The fraction of sp³-hybridized carbons (Fsp3) is 0.282. The van der Waals surface area contributed by atoms with E-state index in [1.807, 2.05) is 168 Å². The van der Waals surface area contributed by atoms with Crippen molar-refractivity contribution >= 4 is 87.1 Å². The highest BCUT2D eigenvalue weighted by atomic mass is 19.1. The molecule has 141 heavy (non-hydrogen) atoms. The quantitative estimate of drug-likeness (QED) is 0.0177. The van der Waals surface area contributed by atoms with E-state index in [4.69, 9.17) is 33.5 Å². The van der Waals surface area contributed by atoms with Gasteiger partial charge in [0, 0.05) is 127 Å². The summed E-state index contributed by atoms with van der Waals surface area (Å²) in [4.78, 5) is 61.4. The Morgan fingerprint density at radius 2 is 0.674 bits per heavy atom. The molecule has 7 aromatic heterocycles. The molecule has 2 saturated heterocycles. The van der Waals surface area contributed by atoms with Crippen LogP contribution in [0.3, 0.4) is 0 Å². The molecule has 734 valence electrons. The van der Waals surface area contributed by atoms with E-state index in [0.29, 0.717) is 106 Å². The van der Waals surface area contributed by atoms with E-state index in [1.54, 1.807) is 84.9 Å². The van der Waals surface area contributed by atoms with Gasteiger partial charge >= 0.3 is 6.01 Å². The molecule has 1 saturated carbocycles. The van der Waals surface area contributed by atoms with E-state index in [1.165, 1.54) is 96.6 Å². The Bertz CT molecular complexity index is 6130. The number of anilines is 15. The molecule has 3 aliphatic rings. The summed E-state index contributed by atoms with van der Waals surface area (Å²) in [5.74, 6) is 7.60. The van der Waals surface area contributed by atoms with Crippen molar-refractivity contribution in [3.63, 3.8) is 0 Å². The Labute approximate surface area is 814 Å². The minimum Gasteiger partial charge on any atom is -0.475 e. The zero-order valence-electron chi connectivity index (χ0n) is 80.0. The van der Waals surface area contributed by atoms with Crippen LogP contribution < -0.4 is 80.8 Å². The maximum absolute atomic E-state index is 13.1. The van der Waals surface area contributed by atoms with Crippen molar-refractivity contribution in [3.05, 3.63) is 290 Å². The van der Waals surface area contributed by atoms with Gasteiger partial charge in [-0.15, -0.1) is 0 Å². The summed E-state index contributed by atoms with van der Waals surface area (Å²) in [7, 11) is 0. The highest BCUT2D eigenvalue weighted by Gasteiger charge is 2.45. The van der Waals surface area contributed by atoms with Gasteiger partial charge in [-0.05, 0) is 247 Å². The topological polar surface area (TPSA) is 364 Å². The first-order valence-corrected chi connectivity index (χ1v) is 46.0. The number of benzene rings is 8. The van der Waals surface area contributed by atoms with Crippen LogP contribution in [0.25, 0.3) is 28.3 Å². The average Bonchev–Trinajstić information content (AvgIpc) is 1.62. The van der Waals surface area contributed by atoms with Crippen LogP contribution in [0.1, 0.15) is 89.5 Å². The van der Waals surface area contributed by atoms with Gasteiger partial charge in [0.2, 0.25) is 59.1 Å². The number of hydrogen-bond acceptors (Lipinski definition) is 31. The zero-order valence-corrected chi connectivity index (χ0v) is 80.0. The molecule has 1 aliphatic carbocycles. The molecule has 9 heterocycles. The third-order valence-electron chi connectivity index (χ3n) is 19.9. The lowest BCUT2D eigenvalue weighted by atomic mass is 10.1. The van der Waals surface area contributed by atoms with E-state index in [-0.39, 0.29) is 78.1 Å². The maximum Gasteiger partial charge on any atom is 0.319 e. The number of rotatable bonds is 32. The molecule has 38 heteroatoms. The van der Waals surface area contributed by atoms with Gasteiger partial charge in [0.25, 0.3) is 0 Å². The van der Waals surface area contributed by atoms with Crippen LogP contribution >= 0.6 is 0 Å². The molecule has 3 fully saturated rings. The number of nitrogens with zero attached hydrogens (tertiary/aromatic N) is 17. The number of piperazine rings is 1. The smallest absolute Gasteiger partial charge is 0.319 e. The molecule has 15 aromatic rings. The molecule has 2 unspecified atom stereocenters. The van der Waals surface area contributed by atoms with Crippen molar-refractivity contribution in [2.45, 2.75) is 126 Å². The number of aliphatic hydroxyl groups excluding tert-OH is 1. The molecule has 2 aliphatic heterocycles. The molecule has 2 atom stereocenters. The second-order valence-corrected chi connectivity index (χ2v) is 33.8. The summed E-state index contributed by atoms with van der Waals surface area (Å²) in [6, 6.07) is 66.8. The second kappa shape index (κ2) is 50.8. The van der Waals surface area contributed by atoms with Crippen LogP contribution in [-0.2, 0) is 0 Å². The van der Waals surface area contributed by atoms with Gasteiger partial charge in [-0.1, -0.05) is 60.7 Å². The number of ether oxygens (including phenoxy) is 6. The first-order valence-electron chi connectivity index (χ1n) is 46.0. The van der Waals surface area contributed by atoms with Gasteiger partial charge in [0.05, 0.1) is 54.6 Å². The molecule has 0 radical (unpaired) electrons. The van der Waals surface area contributed by atoms with Crippen LogP contribution in [0.15, 0.2) is 255 Å². The van der Waals surface area contributed by atoms with Crippen LogP contribution in [0.5, 0.6) is 35.4 Å². The van der Waals surface area contributed by atoms with Crippen molar-refractivity contribution in [2.24, 2.45) is 11.8 Å². The summed E-state index contributed by atoms with van der Waals surface area (Å²) < 4.78 is 114. The minimum atomic E-state index is -0.311. The van der Waals surface area contributed by atoms with E-state index < -0.39 is 0 Å². The molecular weight excluding hydrogens is 1810 g/mol. The Hall–Kier alpha value is -16.1. The minimum absolute atomic E-state index is 0.00203. The third kappa shape index (κ3) is 33.9. The van der Waals surface area contributed by atoms with Crippen molar-refractivity contribution in [1.29, 1.82) is 0 Å². The Morgan fingerprint density at radius 3 is 1.04 bits per heavy atom. The molecule has 0 bridgehead atoms. The Morgan fingerprint density at radius 1 is 0.340 bits per heavy atom. The van der Waals surface area contributed by atoms with E-state index in [0.717, 1.165) is 102 Å². The summed E-state index contributed by atoms with van der Waals surface area (Å²) in [6.45, 7) is 29.3. The van der Waals surface area contributed by atoms with Crippen LogP contribution in [0.4, 0.5) is 113 Å². The molecule has 8 aromatic carbocycles. The number of nitrogens with one attached hydrogen (secondary N) is 8. The normalized spacial score (nSPS) is 13.3. The summed E-state index contributed by atoms with van der Waals surface area (Å²) in [6.07, 6.45) is 4.26. The van der Waals surface area contributed by atoms with Crippen LogP contribution in [0.2, 0.25) is 0 Å². The Kier molecular flexibility index (Phi) is 36.9. The first kappa shape index (κ1) is 102. The lowest BCUT2D eigenvalue weighted by molar-refractivity contribution is 0.222. The fourth-order valence-corrected chi connectivity index (χ4v) is 13.7. The molecule has 9 N–H and O–H groups in total. The van der Waals surface area contributed by atoms with Gasteiger partial charge < -0.3 is 85.9 Å². The van der Waals surface area contributed by atoms with Crippen molar-refractivity contribution < 1.29 is 59.9 Å². The summed E-state index contributed by atoms with van der Waals surface area (Å²) in [5, 5.41) is 37.7. The van der Waals surface area contributed by atoms with Crippen LogP contribution in [0, 0.1) is 46.7 Å². The van der Waals surface area contributed by atoms with Crippen molar-refractivity contribution in [3.8, 4) is 63.7 Å². The fourth-order valence-electron chi connectivity index (χ4n) is 13.7. The summed E-state index contributed by atoms with van der Waals surface area (Å²) >= 11 is 0. The van der Waals surface area contributed by atoms with Crippen molar-refractivity contribution in [2.75, 3.05) is 99.4 Å². The molecule has 18 rings (SSSR count). The van der Waals surface area contributed by atoms with E-state index in [9.17, 15) is 26.3 Å². The Balaban J connectivity index is 0.000000142. The highest BCUT2D eigenvalue weighted by molar-refractivity contribution is 5.68. The molecule has 32 nitrogen and oxygen atoms in total. The standard InChI is InChI=1S/2C19H18FN3O.C18H21FN4O.C17H22FN5O.C15H15FN6O.C15H19FN4O2/c1-13(2)24-18-12-17(14-6-4-3-5-7-14)22-19(23-18)21-16-10-8-15(20)9-11-16;1-13(2)24-19-22-17(14-6-4-3-5-7-14)12-18(23-19)21-16-10-8-15(20)9-11-16;1-11(2)24-17-8-16(23-9-12-7-13(12)10-23)21-18(22-17)20-15-5-3-14(19)4-6-15;1-12(2)24-16-11-15(23-9-7-19-8-10-23)21-17(22-16)20-14-5-3-13(18)4-6-14;1-10(2)23-14-7-13(22-9-17-8-18-22)20-15(21-14)19-12-5-3-11(16)4-6-12;1-10(2)22-14-9-13(17-7-8-21)19-15(20-14)18-12-5-3-11(16)4-6-12/h2*3-13H,1-2H3,(H,21,22,23);3-6,8,11-13H,7,9-10H2,1-2H3,(H,20,21,22);3-6,11-12,19H,7-10H2,1-2H3,(H,20,21,22);3-10H,1-2H3,(H,19,20,21);3-6,9-10,21H,7-8H2,1-2H3,(H2,17,18,19,20). The monoisotopic (exact) mass is 1930 g/mol. The SMILES string of the molecule is CC(C)Oc1cc(-c2ccccc2)nc(Nc2ccc(F)cc2)n1.CC(C)Oc1cc(-n2cncn2)nc(Nc2ccc(F)cc2)n1.CC(C)Oc1cc(N2CC3CC3C2)nc(Nc2ccc(F)cc2)n1.CC(C)Oc1cc(N2CCNCC2)nc(Nc2ccc(F)cc2)n1.CC(C)Oc1cc(NCCO)nc(Nc2ccc(F)cc2)n1.CC(C)Oc1nc(Nc2ccc(F)cc2)cc(-c2ccccc2)n1. The predicted molar refractivity (Wildman–Crippen MR) is 535 cm³/mol. The number of piperidine rings is 1. The number of hydrogen-bond donors (Lipinski definition) is 9. The van der Waals surface area contributed by atoms with Gasteiger partial charge in [-0.25, -0.2) is 41.0 Å². The average molecular weight is 1930 g/mol. The highest BCUT2D eigenvalue weighted by Crippen LogP contribution is 2.46. The zero-order chi connectivity index (χ0) is 99.7. The number of aliphatic hydroxyl groups is 1. The lowest BCUT2D eigenvalue weighted by Gasteiger charge is -2.28. The lowest BCUT2D eigenvalue weighted by Crippen LogP contribution is -2.44. The van der Waals surface area contributed by atoms with Crippen molar-refractivity contribution in [1.82, 2.24) is 79.9 Å². The van der Waals surface area contributed by atoms with Gasteiger partial charge in [-0.2, -0.15) is 59.9 Å². The maximum atomic E-state index is 13.1. The molecule has 0 spiro atoms. The van der Waals surface area contributed by atoms with E-state index >= 15 is 0 Å². The predicted octanol–water partition coefficient (Wildman–Crippen LogP) is 21.1. The molecular formula is C103H113F6N25O7. The largest absolute Gasteiger partial charge is 0.475 e. The third-order valence-corrected chi connectivity index (χ3v) is 19.9. The number of fused-ring (bicyclic) bond motifs is 1. The van der Waals surface area contributed by atoms with Gasteiger partial charge in [-0.3, -0.25) is 0 Å².